The summed E-state index contributed by atoms with van der Waals surface area (Å²) in [6.45, 7) is 8.86. The molecule has 0 aromatic heterocycles. The van der Waals surface area contributed by atoms with Crippen LogP contribution in [0.4, 0.5) is 4.79 Å². The molecule has 5 N–H and O–H groups in total. The van der Waals surface area contributed by atoms with Crippen LogP contribution in [0.3, 0.4) is 0 Å². The smallest absolute Gasteiger partial charge is 0.329 e. The number of hydrogen-bond donors (Lipinski definition) is 4. The third-order valence-electron chi connectivity index (χ3n) is 6.61. The van der Waals surface area contributed by atoms with Crippen molar-refractivity contribution in [2.45, 2.75) is 91.1 Å². The third kappa shape index (κ3) is 9.06. The largest absolute Gasteiger partial charge is 0.459 e. The molecule has 4 atom stereocenters. The van der Waals surface area contributed by atoms with Crippen LogP contribution in [0.2, 0.25) is 0 Å². The SMILES string of the molecule is CCC[C@H](NC(=O)NC(C(=O)N1CCC[C@H]1C(=O)NC(C)C(=O)C(N)=O)C(C)(C)C)C(=O)OCc1ccccc1. The second-order valence-corrected chi connectivity index (χ2v) is 11.0. The molecule has 1 saturated heterocycles. The number of amides is 5. The second-order valence-electron chi connectivity index (χ2n) is 11.0. The summed E-state index contributed by atoms with van der Waals surface area (Å²) in [5, 5.41) is 7.77. The van der Waals surface area contributed by atoms with Crippen LogP contribution in [-0.2, 0) is 35.3 Å². The number of carbonyl (C=O) groups excluding carboxylic acids is 6. The molecule has 1 aromatic carbocycles. The summed E-state index contributed by atoms with van der Waals surface area (Å²) in [7, 11) is 0. The molecule has 0 bridgehead atoms. The molecule has 40 heavy (non-hydrogen) atoms. The van der Waals surface area contributed by atoms with Gasteiger partial charge in [0.15, 0.2) is 0 Å². The van der Waals surface area contributed by atoms with Gasteiger partial charge in [-0.05, 0) is 37.2 Å². The molecule has 12 heteroatoms. The van der Waals surface area contributed by atoms with Crippen LogP contribution >= 0.6 is 0 Å². The zero-order valence-corrected chi connectivity index (χ0v) is 23.8. The molecule has 1 heterocycles. The molecule has 0 aliphatic carbocycles. The average molecular weight is 560 g/mol. The molecule has 5 amide bonds. The van der Waals surface area contributed by atoms with E-state index in [9.17, 15) is 28.8 Å². The summed E-state index contributed by atoms with van der Waals surface area (Å²) in [5.74, 6) is -3.77. The Morgan fingerprint density at radius 3 is 2.27 bits per heavy atom. The molecule has 220 valence electrons. The Kier molecular flexibility index (Phi) is 11.6. The third-order valence-corrected chi connectivity index (χ3v) is 6.61. The van der Waals surface area contributed by atoms with Gasteiger partial charge in [0.25, 0.3) is 5.91 Å². The van der Waals surface area contributed by atoms with Gasteiger partial charge >= 0.3 is 12.0 Å². The molecule has 0 radical (unpaired) electrons. The molecule has 1 aromatic rings. The van der Waals surface area contributed by atoms with E-state index in [0.717, 1.165) is 5.56 Å². The van der Waals surface area contributed by atoms with Crippen molar-refractivity contribution in [2.75, 3.05) is 6.54 Å². The van der Waals surface area contributed by atoms with Crippen LogP contribution in [-0.4, -0.2) is 71.1 Å². The van der Waals surface area contributed by atoms with Gasteiger partial charge in [-0.1, -0.05) is 64.4 Å². The van der Waals surface area contributed by atoms with Crippen molar-refractivity contribution in [3.63, 3.8) is 0 Å². The monoisotopic (exact) mass is 559 g/mol. The van der Waals surface area contributed by atoms with Gasteiger partial charge in [0, 0.05) is 6.54 Å². The van der Waals surface area contributed by atoms with E-state index in [4.69, 9.17) is 10.5 Å². The molecular formula is C28H41N5O7. The molecule has 0 spiro atoms. The van der Waals surface area contributed by atoms with Gasteiger partial charge in [0.1, 0.15) is 24.7 Å². The summed E-state index contributed by atoms with van der Waals surface area (Å²) in [5.41, 5.74) is 5.07. The predicted molar refractivity (Wildman–Crippen MR) is 146 cm³/mol. The minimum absolute atomic E-state index is 0.0638. The number of rotatable bonds is 12. The standard InChI is InChI=1S/C28H41N5O7/c1-6-11-19(26(38)40-16-18-12-8-7-9-13-18)31-27(39)32-22(28(3,4)5)25(37)33-15-10-14-20(33)24(36)30-17(2)21(34)23(29)35/h7-9,12-13,17,19-20,22H,6,10-11,14-16H2,1-5H3,(H2,29,35)(H,30,36)(H2,31,32,39)/t17?,19-,20-,22?/m0/s1. The number of benzene rings is 1. The quantitative estimate of drug-likeness (QED) is 0.219. The number of primary amides is 1. The maximum atomic E-state index is 13.6. The van der Waals surface area contributed by atoms with Gasteiger partial charge in [0.05, 0.1) is 6.04 Å². The second kappa shape index (κ2) is 14.4. The Bertz CT molecular complexity index is 1090. The minimum Gasteiger partial charge on any atom is -0.459 e. The van der Waals surface area contributed by atoms with Crippen molar-refractivity contribution in [3.8, 4) is 0 Å². The topological polar surface area (TPSA) is 177 Å². The molecule has 2 rings (SSSR count). The number of nitrogens with one attached hydrogen (secondary N) is 3. The predicted octanol–water partition coefficient (Wildman–Crippen LogP) is 1.16. The Labute approximate surface area is 234 Å². The first-order valence-corrected chi connectivity index (χ1v) is 13.5. The summed E-state index contributed by atoms with van der Waals surface area (Å²) >= 11 is 0. The van der Waals surface area contributed by atoms with Crippen molar-refractivity contribution in [1.29, 1.82) is 0 Å². The number of esters is 1. The van der Waals surface area contributed by atoms with E-state index >= 15 is 0 Å². The van der Waals surface area contributed by atoms with E-state index in [0.29, 0.717) is 25.7 Å². The van der Waals surface area contributed by atoms with Crippen LogP contribution in [0.1, 0.15) is 65.9 Å². The van der Waals surface area contributed by atoms with Crippen LogP contribution in [0.25, 0.3) is 0 Å². The summed E-state index contributed by atoms with van der Waals surface area (Å²) in [4.78, 5) is 76.6. The maximum absolute atomic E-state index is 13.6. The average Bonchev–Trinajstić information content (AvgIpc) is 3.39. The van der Waals surface area contributed by atoms with Gasteiger partial charge in [-0.3, -0.25) is 19.2 Å². The normalized spacial score (nSPS) is 17.2. The van der Waals surface area contributed by atoms with Crippen LogP contribution in [0.5, 0.6) is 0 Å². The van der Waals surface area contributed by atoms with Crippen LogP contribution in [0, 0.1) is 5.41 Å². The number of ketones is 1. The lowest BCUT2D eigenvalue weighted by Crippen LogP contribution is -2.60. The Balaban J connectivity index is 2.09. The van der Waals surface area contributed by atoms with Crippen molar-refractivity contribution in [2.24, 2.45) is 11.1 Å². The van der Waals surface area contributed by atoms with E-state index in [1.165, 1.54) is 11.8 Å². The lowest BCUT2D eigenvalue weighted by atomic mass is 9.85. The first kappa shape index (κ1) is 32.3. The molecule has 1 aliphatic rings. The van der Waals surface area contributed by atoms with Gasteiger partial charge in [0.2, 0.25) is 17.6 Å². The first-order valence-electron chi connectivity index (χ1n) is 13.5. The van der Waals surface area contributed by atoms with Gasteiger partial charge in [-0.25, -0.2) is 9.59 Å². The molecular weight excluding hydrogens is 518 g/mol. The zero-order valence-electron chi connectivity index (χ0n) is 23.8. The Hall–Kier alpha value is -3.96. The number of Topliss-reactive ketones (excluding diaryl/α,β-unsaturated/α-hetero) is 1. The maximum Gasteiger partial charge on any atom is 0.329 e. The number of nitrogens with two attached hydrogens (primary N) is 1. The van der Waals surface area contributed by atoms with Crippen molar-refractivity contribution in [1.82, 2.24) is 20.9 Å². The zero-order chi connectivity index (χ0) is 30.0. The molecule has 2 unspecified atom stereocenters. The summed E-state index contributed by atoms with van der Waals surface area (Å²) in [6.07, 6.45) is 1.83. The van der Waals surface area contributed by atoms with Crippen molar-refractivity contribution < 1.29 is 33.5 Å². The van der Waals surface area contributed by atoms with E-state index < -0.39 is 65.1 Å². The first-order chi connectivity index (χ1) is 18.8. The molecule has 1 aliphatic heterocycles. The van der Waals surface area contributed by atoms with E-state index in [-0.39, 0.29) is 13.2 Å². The van der Waals surface area contributed by atoms with Gasteiger partial charge in [-0.15, -0.1) is 0 Å². The fraction of sp³-hybridized carbons (Fsp3) is 0.571. The number of urea groups is 1. The van der Waals surface area contributed by atoms with Crippen molar-refractivity contribution in [3.05, 3.63) is 35.9 Å². The van der Waals surface area contributed by atoms with E-state index in [2.05, 4.69) is 16.0 Å². The van der Waals surface area contributed by atoms with Gasteiger partial charge < -0.3 is 31.3 Å². The number of ether oxygens (including phenoxy) is 1. The highest BCUT2D eigenvalue weighted by Crippen LogP contribution is 2.26. The van der Waals surface area contributed by atoms with Crippen molar-refractivity contribution >= 4 is 35.5 Å². The Morgan fingerprint density at radius 1 is 1.05 bits per heavy atom. The lowest BCUT2D eigenvalue weighted by molar-refractivity contribution is -0.147. The van der Waals surface area contributed by atoms with Gasteiger partial charge in [-0.2, -0.15) is 0 Å². The number of likely N-dealkylation sites (tertiary alicyclic amines) is 1. The fourth-order valence-corrected chi connectivity index (χ4v) is 4.40. The summed E-state index contributed by atoms with van der Waals surface area (Å²) in [6, 6.07) is 4.47. The highest BCUT2D eigenvalue weighted by molar-refractivity contribution is 6.37. The highest BCUT2D eigenvalue weighted by Gasteiger charge is 2.42. The number of hydrogen-bond acceptors (Lipinski definition) is 7. The highest BCUT2D eigenvalue weighted by atomic mass is 16.5. The fourth-order valence-electron chi connectivity index (χ4n) is 4.40. The Morgan fingerprint density at radius 2 is 1.70 bits per heavy atom. The molecule has 12 nitrogen and oxygen atoms in total. The summed E-state index contributed by atoms with van der Waals surface area (Å²) < 4.78 is 5.39. The number of nitrogens with zero attached hydrogens (tertiary/aromatic N) is 1. The minimum atomic E-state index is -1.17. The van der Waals surface area contributed by atoms with Crippen LogP contribution in [0.15, 0.2) is 30.3 Å². The van der Waals surface area contributed by atoms with Crippen LogP contribution < -0.4 is 21.7 Å². The number of carbonyl (C=O) groups is 6. The van der Waals surface area contributed by atoms with E-state index in [1.54, 1.807) is 20.8 Å². The van der Waals surface area contributed by atoms with E-state index in [1.807, 2.05) is 37.3 Å². The molecule has 0 saturated carbocycles. The molecule has 1 fully saturated rings. The lowest BCUT2D eigenvalue weighted by Gasteiger charge is -2.35.